The number of ether oxygens (including phenoxy) is 1. The second kappa shape index (κ2) is 7.61. The third kappa shape index (κ3) is 9.50. The summed E-state index contributed by atoms with van der Waals surface area (Å²) in [6.45, 7) is 10.4. The summed E-state index contributed by atoms with van der Waals surface area (Å²) in [5, 5.41) is 3.10. The summed E-state index contributed by atoms with van der Waals surface area (Å²) in [4.78, 5) is 0. The van der Waals surface area contributed by atoms with Gasteiger partial charge in [0.05, 0.1) is 6.61 Å². The molecule has 11 heavy (non-hydrogen) atoms. The van der Waals surface area contributed by atoms with Gasteiger partial charge in [-0.1, -0.05) is 19.9 Å². The molecule has 0 atom stereocenters. The Morgan fingerprint density at radius 1 is 1.45 bits per heavy atom. The van der Waals surface area contributed by atoms with Crippen molar-refractivity contribution in [1.29, 1.82) is 0 Å². The topological polar surface area (TPSA) is 21.3 Å². The van der Waals surface area contributed by atoms with Crippen LogP contribution in [0.4, 0.5) is 0 Å². The normalized spacial score (nSPS) is 9.64. The molecule has 0 saturated carbocycles. The van der Waals surface area contributed by atoms with Crippen LogP contribution in [-0.2, 0) is 4.74 Å². The van der Waals surface area contributed by atoms with E-state index in [1.807, 2.05) is 6.92 Å². The molecule has 0 aromatic heterocycles. The molecule has 0 bridgehead atoms. The van der Waals surface area contributed by atoms with Crippen LogP contribution in [0.2, 0.25) is 0 Å². The minimum atomic E-state index is 0.785. The first-order chi connectivity index (χ1) is 5.27. The molecule has 0 aliphatic rings. The highest BCUT2D eigenvalue weighted by Crippen LogP contribution is 1.86. The van der Waals surface area contributed by atoms with Gasteiger partial charge < -0.3 is 10.1 Å². The Balaban J connectivity index is 2.85. The molecule has 0 aliphatic heterocycles. The highest BCUT2D eigenvalue weighted by molar-refractivity contribution is 4.83. The van der Waals surface area contributed by atoms with E-state index in [-0.39, 0.29) is 0 Å². The number of nitrogens with one attached hydrogen (secondary N) is 1. The molecule has 1 N–H and O–H groups in total. The number of hydrogen-bond donors (Lipinski definition) is 1. The fraction of sp³-hybridized carbons (Fsp3) is 0.778. The molecule has 0 spiro atoms. The molecule has 2 heteroatoms. The molecule has 0 fully saturated rings. The van der Waals surface area contributed by atoms with Crippen molar-refractivity contribution in [2.75, 3.05) is 19.8 Å². The highest BCUT2D eigenvalue weighted by atomic mass is 16.5. The summed E-state index contributed by atoms with van der Waals surface area (Å²) in [6, 6.07) is 0. The van der Waals surface area contributed by atoms with E-state index in [1.54, 1.807) is 0 Å². The maximum absolute atomic E-state index is 5.32. The van der Waals surface area contributed by atoms with Gasteiger partial charge in [-0.15, -0.1) is 0 Å². The maximum Gasteiger partial charge on any atom is 0.0638 e. The van der Waals surface area contributed by atoms with Crippen molar-refractivity contribution in [1.82, 2.24) is 5.32 Å². The standard InChI is InChI=1S/C9H19NO/c1-4-5-7-11-8-6-10-9(2)3/h10H,2,4-8H2,1,3H3. The van der Waals surface area contributed by atoms with Gasteiger partial charge >= 0.3 is 0 Å². The molecule has 0 aromatic rings. The zero-order chi connectivity index (χ0) is 8.53. The van der Waals surface area contributed by atoms with Crippen molar-refractivity contribution in [2.45, 2.75) is 26.7 Å². The van der Waals surface area contributed by atoms with Gasteiger partial charge in [0.15, 0.2) is 0 Å². The van der Waals surface area contributed by atoms with Crippen LogP contribution < -0.4 is 5.32 Å². The zero-order valence-electron chi connectivity index (χ0n) is 7.65. The summed E-state index contributed by atoms with van der Waals surface area (Å²) in [7, 11) is 0. The van der Waals surface area contributed by atoms with E-state index in [2.05, 4.69) is 18.8 Å². The van der Waals surface area contributed by atoms with Gasteiger partial charge in [-0.25, -0.2) is 0 Å². The zero-order valence-corrected chi connectivity index (χ0v) is 7.65. The second-order valence-electron chi connectivity index (χ2n) is 2.67. The number of rotatable bonds is 7. The van der Waals surface area contributed by atoms with Gasteiger partial charge in [0.25, 0.3) is 0 Å². The Morgan fingerprint density at radius 3 is 2.73 bits per heavy atom. The molecule has 2 nitrogen and oxygen atoms in total. The average Bonchev–Trinajstić information content (AvgIpc) is 1.96. The average molecular weight is 157 g/mol. The molecule has 0 aromatic carbocycles. The molecule has 0 rings (SSSR count). The summed E-state index contributed by atoms with van der Waals surface area (Å²) in [6.07, 6.45) is 2.36. The van der Waals surface area contributed by atoms with E-state index >= 15 is 0 Å². The Morgan fingerprint density at radius 2 is 2.18 bits per heavy atom. The van der Waals surface area contributed by atoms with Crippen LogP contribution in [0.15, 0.2) is 12.3 Å². The molecule has 0 amide bonds. The smallest absolute Gasteiger partial charge is 0.0638 e. The lowest BCUT2D eigenvalue weighted by Gasteiger charge is -2.05. The van der Waals surface area contributed by atoms with E-state index in [0.29, 0.717) is 0 Å². The molecule has 0 unspecified atom stereocenters. The van der Waals surface area contributed by atoms with Crippen LogP contribution in [-0.4, -0.2) is 19.8 Å². The molecule has 0 radical (unpaired) electrons. The SMILES string of the molecule is C=C(C)NCCOCCCC. The minimum Gasteiger partial charge on any atom is -0.387 e. The lowest BCUT2D eigenvalue weighted by Crippen LogP contribution is -2.17. The van der Waals surface area contributed by atoms with Crippen LogP contribution in [0, 0.1) is 0 Å². The minimum absolute atomic E-state index is 0.785. The molecule has 0 saturated heterocycles. The lowest BCUT2D eigenvalue weighted by molar-refractivity contribution is 0.134. The Bertz CT molecular complexity index is 102. The summed E-state index contributed by atoms with van der Waals surface area (Å²) < 4.78 is 5.32. The predicted octanol–water partition coefficient (Wildman–Crippen LogP) is 1.93. The van der Waals surface area contributed by atoms with Gasteiger partial charge in [0.2, 0.25) is 0 Å². The van der Waals surface area contributed by atoms with Gasteiger partial charge in [-0.3, -0.25) is 0 Å². The largest absolute Gasteiger partial charge is 0.387 e. The van der Waals surface area contributed by atoms with Crippen molar-refractivity contribution < 1.29 is 4.74 Å². The Labute approximate surface area is 69.6 Å². The van der Waals surface area contributed by atoms with Crippen LogP contribution >= 0.6 is 0 Å². The van der Waals surface area contributed by atoms with E-state index in [9.17, 15) is 0 Å². The molecule has 0 heterocycles. The molecule has 0 aliphatic carbocycles. The van der Waals surface area contributed by atoms with Gasteiger partial charge in [0.1, 0.15) is 0 Å². The van der Waals surface area contributed by atoms with Crippen LogP contribution in [0.5, 0.6) is 0 Å². The van der Waals surface area contributed by atoms with Gasteiger partial charge in [-0.2, -0.15) is 0 Å². The highest BCUT2D eigenvalue weighted by Gasteiger charge is 1.86. The molecular formula is C9H19NO. The third-order valence-electron chi connectivity index (χ3n) is 1.32. The van der Waals surface area contributed by atoms with Crippen LogP contribution in [0.25, 0.3) is 0 Å². The summed E-state index contributed by atoms with van der Waals surface area (Å²) in [5.41, 5.74) is 1.00. The number of allylic oxidation sites excluding steroid dienone is 1. The fourth-order valence-corrected chi connectivity index (χ4v) is 0.685. The van der Waals surface area contributed by atoms with Crippen molar-refractivity contribution in [3.63, 3.8) is 0 Å². The number of unbranched alkanes of at least 4 members (excludes halogenated alkanes) is 1. The maximum atomic E-state index is 5.32. The second-order valence-corrected chi connectivity index (χ2v) is 2.67. The number of hydrogen-bond acceptors (Lipinski definition) is 2. The predicted molar refractivity (Wildman–Crippen MR) is 48.5 cm³/mol. The van der Waals surface area contributed by atoms with E-state index in [4.69, 9.17) is 4.74 Å². The van der Waals surface area contributed by atoms with Crippen LogP contribution in [0.3, 0.4) is 0 Å². The van der Waals surface area contributed by atoms with Crippen LogP contribution in [0.1, 0.15) is 26.7 Å². The summed E-state index contributed by atoms with van der Waals surface area (Å²) in [5.74, 6) is 0. The van der Waals surface area contributed by atoms with Crippen molar-refractivity contribution in [3.05, 3.63) is 12.3 Å². The monoisotopic (exact) mass is 157 g/mol. The third-order valence-corrected chi connectivity index (χ3v) is 1.32. The van der Waals surface area contributed by atoms with E-state index < -0.39 is 0 Å². The van der Waals surface area contributed by atoms with Gasteiger partial charge in [-0.05, 0) is 13.3 Å². The Hall–Kier alpha value is -0.500. The quantitative estimate of drug-likeness (QED) is 0.570. The van der Waals surface area contributed by atoms with Gasteiger partial charge in [0, 0.05) is 18.8 Å². The van der Waals surface area contributed by atoms with E-state index in [0.717, 1.165) is 31.9 Å². The summed E-state index contributed by atoms with van der Waals surface area (Å²) >= 11 is 0. The van der Waals surface area contributed by atoms with Crippen molar-refractivity contribution in [2.24, 2.45) is 0 Å². The van der Waals surface area contributed by atoms with Crippen molar-refractivity contribution in [3.8, 4) is 0 Å². The molecule has 66 valence electrons. The fourth-order valence-electron chi connectivity index (χ4n) is 0.685. The lowest BCUT2D eigenvalue weighted by atomic mass is 10.4. The first kappa shape index (κ1) is 10.5. The first-order valence-corrected chi connectivity index (χ1v) is 4.24. The van der Waals surface area contributed by atoms with Crippen molar-refractivity contribution >= 4 is 0 Å². The molecular weight excluding hydrogens is 138 g/mol. The Kier molecular flexibility index (Phi) is 7.26. The first-order valence-electron chi connectivity index (χ1n) is 4.24. The van der Waals surface area contributed by atoms with E-state index in [1.165, 1.54) is 6.42 Å².